The molecule has 3 rings (SSSR count). The van der Waals surface area contributed by atoms with Crippen LogP contribution in [-0.4, -0.2) is 38.9 Å². The average Bonchev–Trinajstić information content (AvgIpc) is 3.10. The minimum Gasteiger partial charge on any atom is -0.494 e. The number of thioether (sulfide) groups is 1. The summed E-state index contributed by atoms with van der Waals surface area (Å²) >= 11 is 1.27. The molecule has 1 aromatic heterocycles. The van der Waals surface area contributed by atoms with Crippen molar-refractivity contribution in [3.8, 4) is 5.75 Å². The van der Waals surface area contributed by atoms with E-state index in [1.54, 1.807) is 35.9 Å². The van der Waals surface area contributed by atoms with Crippen LogP contribution in [0.25, 0.3) is 0 Å². The number of carbonyl (C=O) groups is 2. The molecule has 168 valence electrons. The second kappa shape index (κ2) is 10.8. The molecule has 0 radical (unpaired) electrons. The molecule has 0 saturated carbocycles. The number of nitrogens with zero attached hydrogens (tertiary/aromatic N) is 3. The Morgan fingerprint density at radius 1 is 0.969 bits per heavy atom. The maximum Gasteiger partial charge on any atom is 0.234 e. The number of nitrogens with one attached hydrogen (secondary N) is 2. The Bertz CT molecular complexity index is 1100. The molecule has 0 spiro atoms. The van der Waals surface area contributed by atoms with Gasteiger partial charge in [0.25, 0.3) is 0 Å². The number of rotatable bonds is 9. The zero-order chi connectivity index (χ0) is 23.1. The van der Waals surface area contributed by atoms with Crippen molar-refractivity contribution in [2.75, 3.05) is 23.0 Å². The smallest absolute Gasteiger partial charge is 0.234 e. The van der Waals surface area contributed by atoms with Gasteiger partial charge in [-0.25, -0.2) is 0 Å². The van der Waals surface area contributed by atoms with E-state index in [4.69, 9.17) is 4.74 Å². The highest BCUT2D eigenvalue weighted by Crippen LogP contribution is 2.19. The number of aryl methyl sites for hydroxylation is 2. The van der Waals surface area contributed by atoms with Crippen molar-refractivity contribution in [2.45, 2.75) is 32.3 Å². The third-order valence-electron chi connectivity index (χ3n) is 4.82. The molecule has 32 heavy (non-hydrogen) atoms. The summed E-state index contributed by atoms with van der Waals surface area (Å²) in [6.07, 6.45) is 0.0755. The summed E-state index contributed by atoms with van der Waals surface area (Å²) in [7, 11) is 1.78. The molecule has 0 aliphatic carbocycles. The molecule has 2 N–H and O–H groups in total. The summed E-state index contributed by atoms with van der Waals surface area (Å²) < 4.78 is 7.13. The molecule has 0 atom stereocenters. The first kappa shape index (κ1) is 23.3. The van der Waals surface area contributed by atoms with Crippen LogP contribution >= 0.6 is 11.8 Å². The van der Waals surface area contributed by atoms with Crippen LogP contribution in [0.5, 0.6) is 5.75 Å². The lowest BCUT2D eigenvalue weighted by molar-refractivity contribution is -0.116. The molecule has 0 fully saturated rings. The molecule has 9 heteroatoms. The van der Waals surface area contributed by atoms with E-state index in [1.165, 1.54) is 17.3 Å². The predicted molar refractivity (Wildman–Crippen MR) is 126 cm³/mol. The molecule has 2 aromatic carbocycles. The number of hydrogen-bond acceptors (Lipinski definition) is 6. The van der Waals surface area contributed by atoms with E-state index in [9.17, 15) is 9.59 Å². The number of aromatic nitrogens is 3. The second-order valence-corrected chi connectivity index (χ2v) is 8.22. The predicted octanol–water partition coefficient (Wildman–Crippen LogP) is 3.74. The van der Waals surface area contributed by atoms with Gasteiger partial charge in [0, 0.05) is 18.4 Å². The first-order chi connectivity index (χ1) is 15.4. The van der Waals surface area contributed by atoms with E-state index in [0.717, 1.165) is 17.0 Å². The third-order valence-corrected chi connectivity index (χ3v) is 5.84. The van der Waals surface area contributed by atoms with E-state index in [2.05, 4.69) is 20.8 Å². The summed E-state index contributed by atoms with van der Waals surface area (Å²) in [5.74, 6) is 1.13. The van der Waals surface area contributed by atoms with Gasteiger partial charge in [-0.2, -0.15) is 0 Å². The molecule has 0 aliphatic rings. The second-order valence-electron chi connectivity index (χ2n) is 7.28. The van der Waals surface area contributed by atoms with E-state index in [-0.39, 0.29) is 24.0 Å². The number of hydrogen-bond donors (Lipinski definition) is 2. The lowest BCUT2D eigenvalue weighted by Gasteiger charge is -2.08. The third kappa shape index (κ3) is 6.34. The van der Waals surface area contributed by atoms with Crippen LogP contribution in [0.2, 0.25) is 0 Å². The van der Waals surface area contributed by atoms with E-state index in [0.29, 0.717) is 23.3 Å². The molecular formula is C23H27N5O3S. The van der Waals surface area contributed by atoms with Gasteiger partial charge in [-0.1, -0.05) is 17.8 Å². The van der Waals surface area contributed by atoms with Crippen LogP contribution < -0.4 is 15.4 Å². The summed E-state index contributed by atoms with van der Waals surface area (Å²) in [5, 5.41) is 14.5. The monoisotopic (exact) mass is 453 g/mol. The van der Waals surface area contributed by atoms with Crippen LogP contribution in [0.4, 0.5) is 11.4 Å². The largest absolute Gasteiger partial charge is 0.494 e. The quantitative estimate of drug-likeness (QED) is 0.479. The first-order valence-corrected chi connectivity index (χ1v) is 11.2. The zero-order valence-corrected chi connectivity index (χ0v) is 19.5. The molecule has 0 saturated heterocycles. The topological polar surface area (TPSA) is 98.1 Å². The Balaban J connectivity index is 1.51. The number of amides is 2. The van der Waals surface area contributed by atoms with Gasteiger partial charge in [0.15, 0.2) is 5.16 Å². The molecule has 2 amide bonds. The van der Waals surface area contributed by atoms with Gasteiger partial charge >= 0.3 is 0 Å². The van der Waals surface area contributed by atoms with Crippen molar-refractivity contribution >= 4 is 35.0 Å². The molecule has 3 aromatic rings. The summed E-state index contributed by atoms with van der Waals surface area (Å²) in [6, 6.07) is 13.0. The van der Waals surface area contributed by atoms with Crippen molar-refractivity contribution in [3.63, 3.8) is 0 Å². The molecule has 8 nitrogen and oxygen atoms in total. The zero-order valence-electron chi connectivity index (χ0n) is 18.6. The summed E-state index contributed by atoms with van der Waals surface area (Å²) in [4.78, 5) is 24.7. The van der Waals surface area contributed by atoms with Crippen molar-refractivity contribution in [2.24, 2.45) is 7.05 Å². The Labute approximate surface area is 191 Å². The molecule has 0 aliphatic heterocycles. The lowest BCUT2D eigenvalue weighted by Crippen LogP contribution is -2.17. The fourth-order valence-electron chi connectivity index (χ4n) is 2.92. The van der Waals surface area contributed by atoms with Crippen LogP contribution in [0.1, 0.15) is 23.9 Å². The SMILES string of the molecule is CCOc1ccc(NC(=O)Cc2nnc(SCC(=O)Nc3ccc(C)c(C)c3)n2C)cc1. The highest BCUT2D eigenvalue weighted by Gasteiger charge is 2.15. The minimum absolute atomic E-state index is 0.0755. The Hall–Kier alpha value is -3.33. The number of anilines is 2. The van der Waals surface area contributed by atoms with Gasteiger partial charge < -0.3 is 19.9 Å². The highest BCUT2D eigenvalue weighted by molar-refractivity contribution is 7.99. The maximum atomic E-state index is 12.4. The van der Waals surface area contributed by atoms with Crippen LogP contribution in [0.15, 0.2) is 47.6 Å². The van der Waals surface area contributed by atoms with E-state index < -0.39 is 0 Å². The van der Waals surface area contributed by atoms with E-state index in [1.807, 2.05) is 39.0 Å². The number of benzene rings is 2. The Morgan fingerprint density at radius 3 is 2.34 bits per heavy atom. The highest BCUT2D eigenvalue weighted by atomic mass is 32.2. The van der Waals surface area contributed by atoms with Crippen molar-refractivity contribution in [1.82, 2.24) is 14.8 Å². The van der Waals surface area contributed by atoms with Crippen molar-refractivity contribution < 1.29 is 14.3 Å². The maximum absolute atomic E-state index is 12.4. The van der Waals surface area contributed by atoms with Crippen molar-refractivity contribution in [1.29, 1.82) is 0 Å². The normalized spacial score (nSPS) is 10.6. The van der Waals surface area contributed by atoms with Crippen molar-refractivity contribution in [3.05, 3.63) is 59.4 Å². The molecule has 0 bridgehead atoms. The average molecular weight is 454 g/mol. The van der Waals surface area contributed by atoms with Gasteiger partial charge in [0.2, 0.25) is 11.8 Å². The number of carbonyl (C=O) groups excluding carboxylic acids is 2. The Kier molecular flexibility index (Phi) is 7.88. The lowest BCUT2D eigenvalue weighted by atomic mass is 10.1. The van der Waals surface area contributed by atoms with Crippen LogP contribution in [-0.2, 0) is 23.1 Å². The molecule has 1 heterocycles. The van der Waals surface area contributed by atoms with Gasteiger partial charge in [-0.05, 0) is 68.3 Å². The molecule has 0 unspecified atom stereocenters. The van der Waals surface area contributed by atoms with Gasteiger partial charge in [0.1, 0.15) is 11.6 Å². The standard InChI is InChI=1S/C23H27N5O3S/c1-5-31-19-10-8-17(9-11-19)24-21(29)13-20-26-27-23(28(20)4)32-14-22(30)25-18-7-6-15(2)16(3)12-18/h6-12H,5,13-14H2,1-4H3,(H,24,29)(H,25,30). The minimum atomic E-state index is -0.200. The fourth-order valence-corrected chi connectivity index (χ4v) is 3.65. The van der Waals surface area contributed by atoms with Crippen LogP contribution in [0.3, 0.4) is 0 Å². The van der Waals surface area contributed by atoms with Gasteiger partial charge in [-0.3, -0.25) is 9.59 Å². The van der Waals surface area contributed by atoms with Gasteiger partial charge in [0.05, 0.1) is 18.8 Å². The summed E-state index contributed by atoms with van der Waals surface area (Å²) in [6.45, 7) is 6.54. The van der Waals surface area contributed by atoms with Gasteiger partial charge in [-0.15, -0.1) is 10.2 Å². The fraction of sp³-hybridized carbons (Fsp3) is 0.304. The van der Waals surface area contributed by atoms with Crippen LogP contribution in [0, 0.1) is 13.8 Å². The number of ether oxygens (including phenoxy) is 1. The Morgan fingerprint density at radius 2 is 1.66 bits per heavy atom. The molecular weight excluding hydrogens is 426 g/mol. The first-order valence-electron chi connectivity index (χ1n) is 10.3. The van der Waals surface area contributed by atoms with E-state index >= 15 is 0 Å². The summed E-state index contributed by atoms with van der Waals surface area (Å²) in [5.41, 5.74) is 3.74.